The van der Waals surface area contributed by atoms with Crippen LogP contribution < -0.4 is 10.1 Å². The van der Waals surface area contributed by atoms with Gasteiger partial charge in [-0.2, -0.15) is 0 Å². The molecule has 0 aromatic heterocycles. The van der Waals surface area contributed by atoms with Gasteiger partial charge in [0.1, 0.15) is 11.5 Å². The van der Waals surface area contributed by atoms with Crippen molar-refractivity contribution >= 4 is 23.5 Å². The lowest BCUT2D eigenvalue weighted by atomic mass is 10.1. The molecular formula is C19H19NO4. The molecule has 0 radical (unpaired) electrons. The standard InChI is InChI=1S/C19H19NO4/c1-3-24-19-7-5-4-6-14(19)8-11-17(22)16-10-9-15(12-18(16)23)20-13(2)21/h4-12,23H,3H2,1-2H3,(H,20,21). The predicted octanol–water partition coefficient (Wildman–Crippen LogP) is 3.65. The Morgan fingerprint density at radius 3 is 2.62 bits per heavy atom. The normalized spacial score (nSPS) is 10.6. The highest BCUT2D eigenvalue weighted by Gasteiger charge is 2.10. The van der Waals surface area contributed by atoms with E-state index in [0.717, 1.165) is 5.56 Å². The molecule has 2 aromatic carbocycles. The molecule has 2 aromatic rings. The van der Waals surface area contributed by atoms with Gasteiger partial charge < -0.3 is 15.2 Å². The Balaban J connectivity index is 2.19. The molecule has 0 saturated heterocycles. The molecule has 0 aliphatic rings. The molecule has 2 N–H and O–H groups in total. The maximum atomic E-state index is 12.3. The summed E-state index contributed by atoms with van der Waals surface area (Å²) in [5, 5.41) is 12.5. The average molecular weight is 325 g/mol. The summed E-state index contributed by atoms with van der Waals surface area (Å²) in [6.45, 7) is 3.79. The first-order valence-corrected chi connectivity index (χ1v) is 7.56. The fourth-order valence-electron chi connectivity index (χ4n) is 2.18. The van der Waals surface area contributed by atoms with Gasteiger partial charge in [-0.05, 0) is 37.3 Å². The number of para-hydroxylation sites is 1. The number of allylic oxidation sites excluding steroid dienone is 1. The summed E-state index contributed by atoms with van der Waals surface area (Å²) < 4.78 is 5.50. The predicted molar refractivity (Wildman–Crippen MR) is 93.4 cm³/mol. The summed E-state index contributed by atoms with van der Waals surface area (Å²) >= 11 is 0. The number of amides is 1. The third-order valence-electron chi connectivity index (χ3n) is 3.22. The van der Waals surface area contributed by atoms with Crippen molar-refractivity contribution in [2.45, 2.75) is 13.8 Å². The number of rotatable bonds is 6. The third-order valence-corrected chi connectivity index (χ3v) is 3.22. The summed E-state index contributed by atoms with van der Waals surface area (Å²) in [5.74, 6) is -0.0858. The SMILES string of the molecule is CCOc1ccccc1C=CC(=O)c1ccc(NC(C)=O)cc1O. The maximum Gasteiger partial charge on any atom is 0.221 e. The van der Waals surface area contributed by atoms with Crippen molar-refractivity contribution in [3.63, 3.8) is 0 Å². The van der Waals surface area contributed by atoms with E-state index in [9.17, 15) is 14.7 Å². The number of ether oxygens (including phenoxy) is 1. The number of hydrogen-bond donors (Lipinski definition) is 2. The van der Waals surface area contributed by atoms with E-state index in [1.807, 2.05) is 31.2 Å². The van der Waals surface area contributed by atoms with E-state index in [2.05, 4.69) is 5.32 Å². The van der Waals surface area contributed by atoms with Crippen molar-refractivity contribution in [3.05, 3.63) is 59.7 Å². The van der Waals surface area contributed by atoms with Gasteiger partial charge in [0.2, 0.25) is 5.91 Å². The molecule has 0 bridgehead atoms. The number of nitrogens with one attached hydrogen (secondary N) is 1. The molecule has 0 saturated carbocycles. The zero-order chi connectivity index (χ0) is 17.5. The lowest BCUT2D eigenvalue weighted by Crippen LogP contribution is -2.06. The van der Waals surface area contributed by atoms with Gasteiger partial charge in [-0.15, -0.1) is 0 Å². The minimum absolute atomic E-state index is 0.161. The van der Waals surface area contributed by atoms with Crippen LogP contribution >= 0.6 is 0 Å². The van der Waals surface area contributed by atoms with Crippen LogP contribution in [0.2, 0.25) is 0 Å². The van der Waals surface area contributed by atoms with Gasteiger partial charge in [0, 0.05) is 24.2 Å². The zero-order valence-electron chi connectivity index (χ0n) is 13.6. The summed E-state index contributed by atoms with van der Waals surface area (Å²) in [6, 6.07) is 11.8. The summed E-state index contributed by atoms with van der Waals surface area (Å²) in [7, 11) is 0. The Bertz CT molecular complexity index is 781. The van der Waals surface area contributed by atoms with Crippen molar-refractivity contribution in [3.8, 4) is 11.5 Å². The Kier molecular flexibility index (Phi) is 5.73. The van der Waals surface area contributed by atoms with Crippen molar-refractivity contribution < 1.29 is 19.4 Å². The van der Waals surface area contributed by atoms with Crippen LogP contribution in [-0.2, 0) is 4.79 Å². The van der Waals surface area contributed by atoms with Gasteiger partial charge >= 0.3 is 0 Å². The quantitative estimate of drug-likeness (QED) is 0.628. The van der Waals surface area contributed by atoms with E-state index in [1.54, 1.807) is 12.1 Å². The maximum absolute atomic E-state index is 12.3. The molecule has 0 heterocycles. The molecule has 0 spiro atoms. The number of ketones is 1. The van der Waals surface area contributed by atoms with Crippen LogP contribution in [0, 0.1) is 0 Å². The van der Waals surface area contributed by atoms with Crippen LogP contribution in [0.4, 0.5) is 5.69 Å². The monoisotopic (exact) mass is 325 g/mol. The van der Waals surface area contributed by atoms with Gasteiger partial charge in [0.05, 0.1) is 12.2 Å². The number of hydrogen-bond acceptors (Lipinski definition) is 4. The molecule has 0 unspecified atom stereocenters. The first-order chi connectivity index (χ1) is 11.5. The molecule has 5 nitrogen and oxygen atoms in total. The van der Waals surface area contributed by atoms with Crippen molar-refractivity contribution in [1.29, 1.82) is 0 Å². The minimum atomic E-state index is -0.340. The second kappa shape index (κ2) is 7.97. The summed E-state index contributed by atoms with van der Waals surface area (Å²) in [4.78, 5) is 23.3. The Morgan fingerprint density at radius 1 is 1.21 bits per heavy atom. The molecule has 5 heteroatoms. The number of carbonyl (C=O) groups excluding carboxylic acids is 2. The minimum Gasteiger partial charge on any atom is -0.507 e. The summed E-state index contributed by atoms with van der Waals surface area (Å²) in [6.07, 6.45) is 3.03. The smallest absolute Gasteiger partial charge is 0.221 e. The topological polar surface area (TPSA) is 75.6 Å². The van der Waals surface area contributed by atoms with E-state index >= 15 is 0 Å². The molecule has 0 aliphatic heterocycles. The Labute approximate surface area is 140 Å². The molecule has 24 heavy (non-hydrogen) atoms. The number of carbonyl (C=O) groups is 2. The largest absolute Gasteiger partial charge is 0.507 e. The molecule has 0 atom stereocenters. The van der Waals surface area contributed by atoms with Crippen molar-refractivity contribution in [2.75, 3.05) is 11.9 Å². The molecule has 1 amide bonds. The number of anilines is 1. The number of phenols is 1. The van der Waals surface area contributed by atoms with Gasteiger partial charge in [0.25, 0.3) is 0 Å². The third kappa shape index (κ3) is 4.46. The second-order valence-electron chi connectivity index (χ2n) is 5.08. The van der Waals surface area contributed by atoms with Gasteiger partial charge in [-0.3, -0.25) is 9.59 Å². The van der Waals surface area contributed by atoms with E-state index in [1.165, 1.54) is 25.1 Å². The van der Waals surface area contributed by atoms with Crippen LogP contribution in [0.25, 0.3) is 6.08 Å². The first-order valence-electron chi connectivity index (χ1n) is 7.56. The van der Waals surface area contributed by atoms with Gasteiger partial charge in [0.15, 0.2) is 5.78 Å². The van der Waals surface area contributed by atoms with Gasteiger partial charge in [-0.1, -0.05) is 18.2 Å². The Hall–Kier alpha value is -3.08. The lowest BCUT2D eigenvalue weighted by molar-refractivity contribution is -0.114. The molecule has 0 aliphatic carbocycles. The number of benzene rings is 2. The number of phenolic OH excluding ortho intramolecular Hbond substituents is 1. The van der Waals surface area contributed by atoms with Crippen LogP contribution in [0.5, 0.6) is 11.5 Å². The highest BCUT2D eigenvalue weighted by Crippen LogP contribution is 2.24. The molecular weight excluding hydrogens is 306 g/mol. The van der Waals surface area contributed by atoms with Crippen molar-refractivity contribution in [1.82, 2.24) is 0 Å². The number of aromatic hydroxyl groups is 1. The van der Waals surface area contributed by atoms with E-state index in [4.69, 9.17) is 4.74 Å². The van der Waals surface area contributed by atoms with Crippen LogP contribution in [0.15, 0.2) is 48.5 Å². The van der Waals surface area contributed by atoms with Crippen LogP contribution in [0.1, 0.15) is 29.8 Å². The molecule has 2 rings (SSSR count). The molecule has 124 valence electrons. The van der Waals surface area contributed by atoms with E-state index < -0.39 is 0 Å². The summed E-state index contributed by atoms with van der Waals surface area (Å²) in [5.41, 5.74) is 1.37. The van der Waals surface area contributed by atoms with Gasteiger partial charge in [-0.25, -0.2) is 0 Å². The van der Waals surface area contributed by atoms with Crippen LogP contribution in [-0.4, -0.2) is 23.4 Å². The van der Waals surface area contributed by atoms with E-state index in [0.29, 0.717) is 18.0 Å². The van der Waals surface area contributed by atoms with E-state index in [-0.39, 0.29) is 23.0 Å². The molecule has 0 fully saturated rings. The first kappa shape index (κ1) is 17.3. The zero-order valence-corrected chi connectivity index (χ0v) is 13.6. The highest BCUT2D eigenvalue weighted by molar-refractivity contribution is 6.09. The average Bonchev–Trinajstić information content (AvgIpc) is 2.53. The lowest BCUT2D eigenvalue weighted by Gasteiger charge is -2.07. The Morgan fingerprint density at radius 2 is 1.96 bits per heavy atom. The van der Waals surface area contributed by atoms with Crippen molar-refractivity contribution in [2.24, 2.45) is 0 Å². The fraction of sp³-hybridized carbons (Fsp3) is 0.158. The fourth-order valence-corrected chi connectivity index (χ4v) is 2.18. The second-order valence-corrected chi connectivity index (χ2v) is 5.08. The highest BCUT2D eigenvalue weighted by atomic mass is 16.5. The van der Waals surface area contributed by atoms with Crippen LogP contribution in [0.3, 0.4) is 0 Å².